The van der Waals surface area contributed by atoms with Crippen LogP contribution in [0.4, 0.5) is 30.8 Å². The molecular formula is C23H29F3N6O3. The Bertz CT molecular complexity index is 1170. The number of hydrogen-bond acceptors (Lipinski definition) is 8. The molecule has 6 heterocycles. The molecule has 3 fully saturated rings. The van der Waals surface area contributed by atoms with Crippen molar-refractivity contribution in [1.29, 1.82) is 0 Å². The zero-order valence-corrected chi connectivity index (χ0v) is 19.5. The quantitative estimate of drug-likeness (QED) is 0.586. The van der Waals surface area contributed by atoms with E-state index in [1.165, 1.54) is 16.8 Å². The van der Waals surface area contributed by atoms with Gasteiger partial charge in [-0.3, -0.25) is 14.2 Å². The van der Waals surface area contributed by atoms with Crippen molar-refractivity contribution < 1.29 is 24.1 Å². The maximum Gasteiger partial charge on any atom is 0.408 e. The van der Waals surface area contributed by atoms with E-state index in [4.69, 9.17) is 4.74 Å². The van der Waals surface area contributed by atoms with Crippen LogP contribution in [0.1, 0.15) is 31.0 Å². The summed E-state index contributed by atoms with van der Waals surface area (Å²) in [6.07, 6.45) is -1.80. The number of aromatic nitrogens is 3. The summed E-state index contributed by atoms with van der Waals surface area (Å²) in [5.41, 5.74) is -0.236. The fourth-order valence-corrected chi connectivity index (χ4v) is 5.02. The smallest absolute Gasteiger partial charge is 0.374 e. The lowest BCUT2D eigenvalue weighted by atomic mass is 9.97. The van der Waals surface area contributed by atoms with Crippen LogP contribution in [0.25, 0.3) is 0 Å². The number of fused-ring (bicyclic) bond motifs is 4. The molecule has 0 saturated carbocycles. The van der Waals surface area contributed by atoms with E-state index in [9.17, 15) is 22.8 Å². The number of alkyl halides is 3. The summed E-state index contributed by atoms with van der Waals surface area (Å²) in [6, 6.07) is 2.64. The Morgan fingerprint density at radius 3 is 2.63 bits per heavy atom. The van der Waals surface area contributed by atoms with E-state index in [0.717, 1.165) is 17.7 Å². The standard InChI is InChI=1S/C23H27F3N6O3.H2/c1-29(2)19-6-3-14(10-27-19)17(33)12-32-18(23(24,25)26)7-8-30-21(34)9-20(28-22(30)32)31-11-16-5-4-15(31)13-35-16;/h3,6,9-10,15-16,18H,4-5,7-8,11-13H2,1-2H3;1H/t15?,16-,18-;/m0./s1. The maximum atomic E-state index is 14.0. The molecule has 3 atom stereocenters. The number of anilines is 3. The first-order chi connectivity index (χ1) is 16.6. The molecule has 9 nitrogen and oxygen atoms in total. The highest BCUT2D eigenvalue weighted by atomic mass is 19.4. The highest BCUT2D eigenvalue weighted by molar-refractivity contribution is 5.99. The van der Waals surface area contributed by atoms with Crippen molar-refractivity contribution in [2.45, 2.75) is 50.2 Å². The molecule has 12 heteroatoms. The number of rotatable bonds is 5. The second-order valence-corrected chi connectivity index (χ2v) is 9.44. The van der Waals surface area contributed by atoms with Crippen molar-refractivity contribution in [3.8, 4) is 0 Å². The first-order valence-electron chi connectivity index (χ1n) is 11.6. The van der Waals surface area contributed by atoms with Crippen LogP contribution >= 0.6 is 0 Å². The Labute approximate surface area is 201 Å². The first-order valence-corrected chi connectivity index (χ1v) is 11.6. The van der Waals surface area contributed by atoms with Gasteiger partial charge in [-0.1, -0.05) is 0 Å². The van der Waals surface area contributed by atoms with Gasteiger partial charge >= 0.3 is 6.18 Å². The summed E-state index contributed by atoms with van der Waals surface area (Å²) in [5.74, 6) is 0.289. The number of Topliss-reactive ketones (excluding diaryl/α,β-unsaturated/α-hetero) is 1. The molecule has 0 aliphatic carbocycles. The van der Waals surface area contributed by atoms with Gasteiger partial charge in [0.05, 0.1) is 25.3 Å². The van der Waals surface area contributed by atoms with Crippen molar-refractivity contribution in [2.24, 2.45) is 0 Å². The van der Waals surface area contributed by atoms with Gasteiger partial charge in [-0.05, 0) is 31.4 Å². The third-order valence-electron chi connectivity index (χ3n) is 6.94. The van der Waals surface area contributed by atoms with Gasteiger partial charge in [-0.25, -0.2) is 4.98 Å². The van der Waals surface area contributed by atoms with Gasteiger partial charge in [0.25, 0.3) is 5.56 Å². The van der Waals surface area contributed by atoms with Crippen LogP contribution in [0.3, 0.4) is 0 Å². The second-order valence-electron chi connectivity index (χ2n) is 9.44. The highest BCUT2D eigenvalue weighted by Crippen LogP contribution is 2.36. The summed E-state index contributed by atoms with van der Waals surface area (Å²) in [7, 11) is 3.59. The summed E-state index contributed by atoms with van der Waals surface area (Å²) < 4.78 is 49.1. The van der Waals surface area contributed by atoms with Crippen LogP contribution in [0.5, 0.6) is 0 Å². The number of piperidine rings is 1. The van der Waals surface area contributed by atoms with E-state index in [1.807, 2.05) is 4.90 Å². The molecule has 4 aliphatic heterocycles. The molecule has 6 rings (SSSR count). The lowest BCUT2D eigenvalue weighted by Gasteiger charge is -2.46. The van der Waals surface area contributed by atoms with Crippen LogP contribution in [-0.4, -0.2) is 78.5 Å². The molecule has 0 amide bonds. The third-order valence-corrected chi connectivity index (χ3v) is 6.94. The Hall–Kier alpha value is -3.15. The van der Waals surface area contributed by atoms with Gasteiger partial charge < -0.3 is 19.4 Å². The summed E-state index contributed by atoms with van der Waals surface area (Å²) in [6.45, 7) is 0.336. The maximum absolute atomic E-state index is 14.0. The number of carbonyl (C=O) groups is 1. The predicted octanol–water partition coefficient (Wildman–Crippen LogP) is 2.34. The molecule has 0 radical (unpaired) electrons. The number of ketones is 1. The molecule has 4 aliphatic rings. The molecule has 2 aromatic heterocycles. The molecule has 1 unspecified atom stereocenters. The molecule has 3 saturated heterocycles. The zero-order valence-electron chi connectivity index (χ0n) is 19.5. The fourth-order valence-electron chi connectivity index (χ4n) is 5.02. The van der Waals surface area contributed by atoms with Crippen molar-refractivity contribution in [2.75, 3.05) is 48.5 Å². The number of morpholine rings is 1. The zero-order chi connectivity index (χ0) is 24.9. The van der Waals surface area contributed by atoms with Crippen LogP contribution < -0.4 is 20.3 Å². The Morgan fingerprint density at radius 1 is 1.26 bits per heavy atom. The first kappa shape index (κ1) is 23.6. The number of ether oxygens (including phenoxy) is 1. The van der Waals surface area contributed by atoms with E-state index < -0.39 is 30.1 Å². The van der Waals surface area contributed by atoms with Gasteiger partial charge in [0, 0.05) is 46.4 Å². The van der Waals surface area contributed by atoms with Crippen LogP contribution in [0.2, 0.25) is 0 Å². The van der Waals surface area contributed by atoms with E-state index in [-0.39, 0.29) is 38.0 Å². The van der Waals surface area contributed by atoms with Crippen LogP contribution in [0, 0.1) is 0 Å². The minimum atomic E-state index is -4.59. The highest BCUT2D eigenvalue weighted by Gasteiger charge is 2.47. The second kappa shape index (κ2) is 8.81. The Kier molecular flexibility index (Phi) is 5.94. The lowest BCUT2D eigenvalue weighted by Crippen LogP contribution is -2.56. The average molecular weight is 495 g/mol. The van der Waals surface area contributed by atoms with Crippen molar-refractivity contribution in [3.05, 3.63) is 40.3 Å². The Balaban J connectivity index is 0.00000304. The number of halogens is 3. The average Bonchev–Trinajstić information content (AvgIpc) is 2.84. The molecule has 35 heavy (non-hydrogen) atoms. The molecule has 2 aromatic rings. The SMILES string of the molecule is CN(C)c1ccc(C(=O)CN2c3nc(N4C[C@@H]5CCC4CO5)cc(=O)n3CC[C@H]2C(F)(F)F)cn1.[HH]. The predicted molar refractivity (Wildman–Crippen MR) is 125 cm³/mol. The number of hydrogen-bond donors (Lipinski definition) is 0. The van der Waals surface area contributed by atoms with Crippen molar-refractivity contribution in [1.82, 2.24) is 14.5 Å². The van der Waals surface area contributed by atoms with E-state index >= 15 is 0 Å². The summed E-state index contributed by atoms with van der Waals surface area (Å²) in [5, 5.41) is 0. The number of carbonyl (C=O) groups excluding carboxylic acids is 1. The van der Waals surface area contributed by atoms with E-state index in [0.29, 0.717) is 24.8 Å². The largest absolute Gasteiger partial charge is 0.408 e. The molecule has 0 spiro atoms. The molecular weight excluding hydrogens is 465 g/mol. The minimum absolute atomic E-state index is 0. The summed E-state index contributed by atoms with van der Waals surface area (Å²) >= 11 is 0. The third kappa shape index (κ3) is 4.46. The fraction of sp³-hybridized carbons (Fsp3) is 0.565. The van der Waals surface area contributed by atoms with Crippen molar-refractivity contribution >= 4 is 23.4 Å². The van der Waals surface area contributed by atoms with Crippen LogP contribution in [-0.2, 0) is 11.3 Å². The van der Waals surface area contributed by atoms with Gasteiger partial charge in [-0.15, -0.1) is 0 Å². The summed E-state index contributed by atoms with van der Waals surface area (Å²) in [4.78, 5) is 39.3. The number of pyridine rings is 1. The molecule has 190 valence electrons. The molecule has 0 N–H and O–H groups in total. The normalized spacial score (nSPS) is 23.9. The van der Waals surface area contributed by atoms with Gasteiger partial charge in [0.1, 0.15) is 17.7 Å². The molecule has 2 bridgehead atoms. The monoisotopic (exact) mass is 494 g/mol. The van der Waals surface area contributed by atoms with Gasteiger partial charge in [0.15, 0.2) is 5.78 Å². The Morgan fingerprint density at radius 2 is 2.06 bits per heavy atom. The van der Waals surface area contributed by atoms with Gasteiger partial charge in [-0.2, -0.15) is 18.2 Å². The minimum Gasteiger partial charge on any atom is -0.374 e. The topological polar surface area (TPSA) is 83.8 Å². The molecule has 0 aromatic carbocycles. The van der Waals surface area contributed by atoms with E-state index in [2.05, 4.69) is 9.97 Å². The van der Waals surface area contributed by atoms with E-state index in [1.54, 1.807) is 31.1 Å². The van der Waals surface area contributed by atoms with Crippen molar-refractivity contribution in [3.63, 3.8) is 0 Å². The van der Waals surface area contributed by atoms with Gasteiger partial charge in [0.2, 0.25) is 5.95 Å². The number of nitrogens with zero attached hydrogens (tertiary/aromatic N) is 6. The van der Waals surface area contributed by atoms with Crippen LogP contribution in [0.15, 0.2) is 29.2 Å². The lowest BCUT2D eigenvalue weighted by molar-refractivity contribution is -0.152.